The van der Waals surface area contributed by atoms with Crippen molar-refractivity contribution in [2.24, 2.45) is 0 Å². The van der Waals surface area contributed by atoms with Gasteiger partial charge in [-0.2, -0.15) is 0 Å². The zero-order valence-corrected chi connectivity index (χ0v) is 21.2. The number of aryl methyl sites for hydroxylation is 2. The summed E-state index contributed by atoms with van der Waals surface area (Å²) in [6, 6.07) is 20.9. The largest absolute Gasteiger partial charge is 0.491 e. The summed E-state index contributed by atoms with van der Waals surface area (Å²) in [6.07, 6.45) is 0.0339. The lowest BCUT2D eigenvalue weighted by Crippen LogP contribution is -2.32. The highest BCUT2D eigenvalue weighted by molar-refractivity contribution is 6.46. The van der Waals surface area contributed by atoms with Crippen LogP contribution < -0.4 is 15.0 Å². The fraction of sp³-hybridized carbons (Fsp3) is 0.267. The number of rotatable bonds is 7. The second kappa shape index (κ2) is 9.79. The van der Waals surface area contributed by atoms with Crippen LogP contribution >= 0.6 is 0 Å². The summed E-state index contributed by atoms with van der Waals surface area (Å²) >= 11 is 0. The van der Waals surface area contributed by atoms with Crippen LogP contribution in [-0.2, 0) is 9.59 Å². The first kappa shape index (κ1) is 24.3. The van der Waals surface area contributed by atoms with Crippen LogP contribution in [0.25, 0.3) is 5.57 Å². The Balaban J connectivity index is 1.76. The maximum Gasteiger partial charge on any atom is 0.282 e. The average Bonchev–Trinajstić information content (AvgIpc) is 3.04. The van der Waals surface area contributed by atoms with Gasteiger partial charge < -0.3 is 10.1 Å². The van der Waals surface area contributed by atoms with Gasteiger partial charge in [0.15, 0.2) is 0 Å². The van der Waals surface area contributed by atoms with Gasteiger partial charge >= 0.3 is 0 Å². The number of amides is 2. The molecule has 2 amide bonds. The third-order valence-electron chi connectivity index (χ3n) is 6.05. The van der Waals surface area contributed by atoms with Gasteiger partial charge in [-0.05, 0) is 86.7 Å². The molecule has 0 saturated carbocycles. The molecule has 1 heterocycles. The highest BCUT2D eigenvalue weighted by Gasteiger charge is 2.40. The van der Waals surface area contributed by atoms with Crippen LogP contribution in [0.5, 0.6) is 5.75 Å². The molecule has 180 valence electrons. The van der Waals surface area contributed by atoms with E-state index in [2.05, 4.69) is 19.2 Å². The van der Waals surface area contributed by atoms with Crippen LogP contribution in [0, 0.1) is 13.8 Å². The lowest BCUT2D eigenvalue weighted by atomic mass is 9.97. The minimum absolute atomic E-state index is 0.0339. The number of anilines is 2. The van der Waals surface area contributed by atoms with Crippen LogP contribution in [0.1, 0.15) is 55.9 Å². The standard InChI is InChI=1S/C30H32N2O3/c1-18(2)22-8-10-23(11-9-22)31-28-27(26-16-7-20(5)17-21(26)6)29(33)32(30(28)34)24-12-14-25(15-13-24)35-19(3)4/h7-19,31H,1-6H3. The normalized spacial score (nSPS) is 13.9. The molecule has 1 N–H and O–H groups in total. The van der Waals surface area contributed by atoms with Crippen molar-refractivity contribution in [3.05, 3.63) is 94.7 Å². The van der Waals surface area contributed by atoms with Gasteiger partial charge in [0.2, 0.25) is 0 Å². The quantitative estimate of drug-likeness (QED) is 0.396. The molecule has 35 heavy (non-hydrogen) atoms. The van der Waals surface area contributed by atoms with E-state index in [0.29, 0.717) is 22.9 Å². The predicted octanol–water partition coefficient (Wildman–Crippen LogP) is 6.61. The maximum absolute atomic E-state index is 13.7. The van der Waals surface area contributed by atoms with Crippen molar-refractivity contribution in [3.8, 4) is 5.75 Å². The van der Waals surface area contributed by atoms with Gasteiger partial charge in [0.25, 0.3) is 11.8 Å². The minimum atomic E-state index is -0.379. The molecular formula is C30H32N2O3. The Hall–Kier alpha value is -3.86. The lowest BCUT2D eigenvalue weighted by Gasteiger charge is -2.17. The van der Waals surface area contributed by atoms with E-state index in [0.717, 1.165) is 22.4 Å². The first-order chi connectivity index (χ1) is 16.7. The third-order valence-corrected chi connectivity index (χ3v) is 6.05. The minimum Gasteiger partial charge on any atom is -0.491 e. The molecule has 0 radical (unpaired) electrons. The van der Waals surface area contributed by atoms with Crippen molar-refractivity contribution in [3.63, 3.8) is 0 Å². The number of hydrogen-bond donors (Lipinski definition) is 1. The number of carbonyl (C=O) groups is 2. The monoisotopic (exact) mass is 468 g/mol. The molecule has 0 aliphatic carbocycles. The summed E-state index contributed by atoms with van der Waals surface area (Å²) in [5.41, 5.74) is 5.92. The third kappa shape index (κ3) is 4.99. The molecule has 3 aromatic rings. The van der Waals surface area contributed by atoms with Crippen molar-refractivity contribution >= 4 is 28.8 Å². The summed E-state index contributed by atoms with van der Waals surface area (Å²) in [6.45, 7) is 12.1. The number of imide groups is 1. The first-order valence-electron chi connectivity index (χ1n) is 12.0. The molecule has 1 aliphatic heterocycles. The summed E-state index contributed by atoms with van der Waals surface area (Å²) in [5.74, 6) is 0.368. The Morgan fingerprint density at radius 3 is 2.03 bits per heavy atom. The van der Waals surface area contributed by atoms with Crippen molar-refractivity contribution < 1.29 is 14.3 Å². The second-order valence-electron chi connectivity index (χ2n) is 9.58. The Morgan fingerprint density at radius 2 is 1.46 bits per heavy atom. The second-order valence-corrected chi connectivity index (χ2v) is 9.58. The summed E-state index contributed by atoms with van der Waals surface area (Å²) in [7, 11) is 0. The van der Waals surface area contributed by atoms with Gasteiger partial charge in [-0.3, -0.25) is 9.59 Å². The van der Waals surface area contributed by atoms with Crippen LogP contribution in [0.3, 0.4) is 0 Å². The highest BCUT2D eigenvalue weighted by atomic mass is 16.5. The molecule has 5 nitrogen and oxygen atoms in total. The van der Waals surface area contributed by atoms with Crippen LogP contribution in [0.2, 0.25) is 0 Å². The fourth-order valence-electron chi connectivity index (χ4n) is 4.27. The van der Waals surface area contributed by atoms with Crippen molar-refractivity contribution in [1.29, 1.82) is 0 Å². The molecule has 0 unspecified atom stereocenters. The Bertz CT molecular complexity index is 1290. The molecule has 4 rings (SSSR count). The Morgan fingerprint density at radius 1 is 0.800 bits per heavy atom. The predicted molar refractivity (Wildman–Crippen MR) is 142 cm³/mol. The van der Waals surface area contributed by atoms with Crippen molar-refractivity contribution in [1.82, 2.24) is 0 Å². The van der Waals surface area contributed by atoms with E-state index < -0.39 is 0 Å². The number of carbonyl (C=O) groups excluding carboxylic acids is 2. The molecule has 5 heteroatoms. The smallest absolute Gasteiger partial charge is 0.282 e. The highest BCUT2D eigenvalue weighted by Crippen LogP contribution is 2.36. The van der Waals surface area contributed by atoms with E-state index >= 15 is 0 Å². The van der Waals surface area contributed by atoms with Gasteiger partial charge in [-0.1, -0.05) is 49.7 Å². The first-order valence-corrected chi connectivity index (χ1v) is 12.0. The number of hydrogen-bond acceptors (Lipinski definition) is 4. The van der Waals surface area contributed by atoms with Crippen molar-refractivity contribution in [2.75, 3.05) is 10.2 Å². The number of nitrogens with zero attached hydrogens (tertiary/aromatic N) is 1. The van der Waals surface area contributed by atoms with Gasteiger partial charge in [-0.15, -0.1) is 0 Å². The zero-order chi connectivity index (χ0) is 25.3. The molecule has 3 aromatic carbocycles. The van der Waals surface area contributed by atoms with Crippen LogP contribution in [0.4, 0.5) is 11.4 Å². The maximum atomic E-state index is 13.7. The molecule has 0 atom stereocenters. The van der Waals surface area contributed by atoms with E-state index in [1.807, 2.05) is 70.2 Å². The number of nitrogens with one attached hydrogen (secondary N) is 1. The molecule has 0 aromatic heterocycles. The lowest BCUT2D eigenvalue weighted by molar-refractivity contribution is -0.120. The van der Waals surface area contributed by atoms with Crippen LogP contribution in [0.15, 0.2) is 72.4 Å². The molecule has 0 saturated heterocycles. The van der Waals surface area contributed by atoms with Gasteiger partial charge in [0.1, 0.15) is 11.4 Å². The molecule has 1 aliphatic rings. The number of benzene rings is 3. The number of ether oxygens (including phenoxy) is 1. The van der Waals surface area contributed by atoms with E-state index in [9.17, 15) is 9.59 Å². The Kier molecular flexibility index (Phi) is 6.79. The SMILES string of the molecule is Cc1ccc(C2=C(Nc3ccc(C(C)C)cc3)C(=O)N(c3ccc(OC(C)C)cc3)C2=O)c(C)c1. The van der Waals surface area contributed by atoms with E-state index in [1.54, 1.807) is 24.3 Å². The van der Waals surface area contributed by atoms with Gasteiger partial charge in [0.05, 0.1) is 17.4 Å². The van der Waals surface area contributed by atoms with E-state index in [1.165, 1.54) is 10.5 Å². The van der Waals surface area contributed by atoms with Crippen LogP contribution in [-0.4, -0.2) is 17.9 Å². The fourth-order valence-corrected chi connectivity index (χ4v) is 4.27. The molecule has 0 spiro atoms. The molecular weight excluding hydrogens is 436 g/mol. The van der Waals surface area contributed by atoms with Gasteiger partial charge in [0, 0.05) is 5.69 Å². The zero-order valence-electron chi connectivity index (χ0n) is 21.2. The summed E-state index contributed by atoms with van der Waals surface area (Å²) < 4.78 is 5.72. The molecule has 0 bridgehead atoms. The summed E-state index contributed by atoms with van der Waals surface area (Å²) in [5, 5.41) is 3.26. The topological polar surface area (TPSA) is 58.6 Å². The van der Waals surface area contributed by atoms with Gasteiger partial charge in [-0.25, -0.2) is 4.90 Å². The van der Waals surface area contributed by atoms with E-state index in [-0.39, 0.29) is 23.6 Å². The van der Waals surface area contributed by atoms with E-state index in [4.69, 9.17) is 4.74 Å². The Labute approximate surface area is 207 Å². The molecule has 0 fully saturated rings. The van der Waals surface area contributed by atoms with Crippen molar-refractivity contribution in [2.45, 2.75) is 53.6 Å². The summed E-state index contributed by atoms with van der Waals surface area (Å²) in [4.78, 5) is 28.6. The average molecular weight is 469 g/mol.